The Balaban J connectivity index is 2.57. The van der Waals surface area contributed by atoms with Crippen LogP contribution in [0.15, 0.2) is 22.7 Å². The van der Waals surface area contributed by atoms with Crippen LogP contribution in [0.1, 0.15) is 24.5 Å². The van der Waals surface area contributed by atoms with E-state index in [1.54, 1.807) is 0 Å². The monoisotopic (exact) mass is 348 g/mol. The maximum absolute atomic E-state index is 11.2. The van der Waals surface area contributed by atoms with Gasteiger partial charge in [0.15, 0.2) is 0 Å². The van der Waals surface area contributed by atoms with Crippen LogP contribution in [0.3, 0.4) is 0 Å². The number of hydrogen-bond donors (Lipinski definition) is 0. The standard InChI is InChI=1S/C12H14Br2O2/c1-2-16-12(15)6-5-10-4-3-9(8-13)7-11(10)14/h3-4,7H,2,5-6,8H2,1H3. The smallest absolute Gasteiger partial charge is 0.306 e. The van der Waals surface area contributed by atoms with E-state index < -0.39 is 0 Å². The summed E-state index contributed by atoms with van der Waals surface area (Å²) in [6, 6.07) is 6.16. The van der Waals surface area contributed by atoms with Gasteiger partial charge in [0.25, 0.3) is 0 Å². The molecule has 0 spiro atoms. The molecular weight excluding hydrogens is 336 g/mol. The van der Waals surface area contributed by atoms with E-state index in [1.807, 2.05) is 13.0 Å². The Kier molecular flexibility index (Phi) is 6.06. The second-order valence-corrected chi connectivity index (χ2v) is 4.78. The van der Waals surface area contributed by atoms with Crippen LogP contribution in [0.4, 0.5) is 0 Å². The zero-order valence-electron chi connectivity index (χ0n) is 9.13. The Labute approximate surface area is 113 Å². The third-order valence-corrected chi connectivity index (χ3v) is 3.56. The lowest BCUT2D eigenvalue weighted by Gasteiger charge is -2.06. The van der Waals surface area contributed by atoms with Crippen LogP contribution >= 0.6 is 31.9 Å². The first-order valence-corrected chi connectivity index (χ1v) is 7.07. The summed E-state index contributed by atoms with van der Waals surface area (Å²) in [7, 11) is 0. The van der Waals surface area contributed by atoms with Crippen LogP contribution in [-0.2, 0) is 21.3 Å². The highest BCUT2D eigenvalue weighted by Crippen LogP contribution is 2.21. The van der Waals surface area contributed by atoms with Crippen LogP contribution in [-0.4, -0.2) is 12.6 Å². The summed E-state index contributed by atoms with van der Waals surface area (Å²) in [5, 5.41) is 0.837. The minimum atomic E-state index is -0.140. The number of carbonyl (C=O) groups is 1. The molecule has 0 unspecified atom stereocenters. The molecule has 0 bridgehead atoms. The van der Waals surface area contributed by atoms with E-state index in [2.05, 4.69) is 44.0 Å². The van der Waals surface area contributed by atoms with Crippen LogP contribution in [0, 0.1) is 0 Å². The fourth-order valence-corrected chi connectivity index (χ4v) is 2.32. The third kappa shape index (κ3) is 4.26. The molecule has 0 heterocycles. The lowest BCUT2D eigenvalue weighted by atomic mass is 10.1. The summed E-state index contributed by atoms with van der Waals surface area (Å²) in [5.41, 5.74) is 2.35. The summed E-state index contributed by atoms with van der Waals surface area (Å²) in [6.07, 6.45) is 1.14. The summed E-state index contributed by atoms with van der Waals surface area (Å²) in [5.74, 6) is -0.140. The lowest BCUT2D eigenvalue weighted by molar-refractivity contribution is -0.143. The number of carbonyl (C=O) groups excluding carboxylic acids is 1. The Morgan fingerprint density at radius 2 is 2.19 bits per heavy atom. The Hall–Kier alpha value is -0.350. The van der Waals surface area contributed by atoms with Crippen molar-refractivity contribution < 1.29 is 9.53 Å². The number of halogens is 2. The highest BCUT2D eigenvalue weighted by molar-refractivity contribution is 9.10. The number of hydrogen-bond acceptors (Lipinski definition) is 2. The van der Waals surface area contributed by atoms with Gasteiger partial charge in [-0.1, -0.05) is 44.0 Å². The molecule has 0 saturated heterocycles. The van der Waals surface area contributed by atoms with E-state index in [4.69, 9.17) is 4.74 Å². The molecule has 1 aromatic carbocycles. The normalized spacial score (nSPS) is 10.2. The van der Waals surface area contributed by atoms with Crippen LogP contribution < -0.4 is 0 Å². The predicted octanol–water partition coefficient (Wildman–Crippen LogP) is 3.84. The quantitative estimate of drug-likeness (QED) is 0.596. The molecule has 0 atom stereocenters. The number of ether oxygens (including phenoxy) is 1. The molecule has 0 aliphatic carbocycles. The van der Waals surface area contributed by atoms with E-state index in [0.717, 1.165) is 15.4 Å². The molecule has 16 heavy (non-hydrogen) atoms. The van der Waals surface area contributed by atoms with Gasteiger partial charge in [0.05, 0.1) is 6.61 Å². The van der Waals surface area contributed by atoms with Gasteiger partial charge >= 0.3 is 5.97 Å². The number of alkyl halides is 1. The summed E-state index contributed by atoms with van der Waals surface area (Å²) >= 11 is 6.91. The molecule has 4 heteroatoms. The van der Waals surface area contributed by atoms with Crippen molar-refractivity contribution in [3.8, 4) is 0 Å². The molecule has 2 nitrogen and oxygen atoms in total. The van der Waals surface area contributed by atoms with Gasteiger partial charge in [0.1, 0.15) is 0 Å². The molecular formula is C12H14Br2O2. The Morgan fingerprint density at radius 3 is 2.75 bits per heavy atom. The second-order valence-electron chi connectivity index (χ2n) is 3.36. The van der Waals surface area contributed by atoms with Crippen molar-refractivity contribution in [1.29, 1.82) is 0 Å². The van der Waals surface area contributed by atoms with Crippen LogP contribution in [0.25, 0.3) is 0 Å². The predicted molar refractivity (Wildman–Crippen MR) is 71.7 cm³/mol. The van der Waals surface area contributed by atoms with Crippen molar-refractivity contribution in [2.45, 2.75) is 25.1 Å². The first-order valence-electron chi connectivity index (χ1n) is 5.16. The number of benzene rings is 1. The molecule has 1 aromatic rings. The van der Waals surface area contributed by atoms with Gasteiger partial charge in [-0.3, -0.25) is 4.79 Å². The van der Waals surface area contributed by atoms with E-state index in [9.17, 15) is 4.79 Å². The average molecular weight is 350 g/mol. The fourth-order valence-electron chi connectivity index (χ4n) is 1.35. The molecule has 1 rings (SSSR count). The van der Waals surface area contributed by atoms with Crippen molar-refractivity contribution in [3.05, 3.63) is 33.8 Å². The Bertz CT molecular complexity index is 364. The minimum absolute atomic E-state index is 0.140. The van der Waals surface area contributed by atoms with Gasteiger partial charge in [-0.25, -0.2) is 0 Å². The fraction of sp³-hybridized carbons (Fsp3) is 0.417. The molecule has 0 saturated carbocycles. The lowest BCUT2D eigenvalue weighted by Crippen LogP contribution is -2.05. The highest BCUT2D eigenvalue weighted by atomic mass is 79.9. The summed E-state index contributed by atoms with van der Waals surface area (Å²) in [6.45, 7) is 2.27. The molecule has 0 aliphatic heterocycles. The van der Waals surface area contributed by atoms with Gasteiger partial charge in [-0.2, -0.15) is 0 Å². The van der Waals surface area contributed by atoms with Gasteiger partial charge in [0.2, 0.25) is 0 Å². The van der Waals surface area contributed by atoms with Crippen LogP contribution in [0.5, 0.6) is 0 Å². The average Bonchev–Trinajstić information content (AvgIpc) is 2.27. The third-order valence-electron chi connectivity index (χ3n) is 2.18. The van der Waals surface area contributed by atoms with E-state index in [-0.39, 0.29) is 5.97 Å². The highest BCUT2D eigenvalue weighted by Gasteiger charge is 2.05. The first kappa shape index (κ1) is 13.7. The van der Waals surface area contributed by atoms with Crippen molar-refractivity contribution in [1.82, 2.24) is 0 Å². The Morgan fingerprint density at radius 1 is 1.44 bits per heavy atom. The van der Waals surface area contributed by atoms with Gasteiger partial charge < -0.3 is 4.74 Å². The summed E-state index contributed by atoms with van der Waals surface area (Å²) in [4.78, 5) is 11.2. The molecule has 0 aliphatic rings. The number of rotatable bonds is 5. The van der Waals surface area contributed by atoms with Crippen molar-refractivity contribution >= 4 is 37.8 Å². The van der Waals surface area contributed by atoms with Gasteiger partial charge in [-0.05, 0) is 30.5 Å². The van der Waals surface area contributed by atoms with E-state index in [0.29, 0.717) is 19.4 Å². The SMILES string of the molecule is CCOC(=O)CCc1ccc(CBr)cc1Br. The zero-order valence-corrected chi connectivity index (χ0v) is 12.3. The number of esters is 1. The van der Waals surface area contributed by atoms with Gasteiger partial charge in [-0.15, -0.1) is 0 Å². The topological polar surface area (TPSA) is 26.3 Å². The molecule has 88 valence electrons. The molecule has 0 fully saturated rings. The second kappa shape index (κ2) is 7.07. The minimum Gasteiger partial charge on any atom is -0.466 e. The largest absolute Gasteiger partial charge is 0.466 e. The molecule has 0 radical (unpaired) electrons. The van der Waals surface area contributed by atoms with Crippen LogP contribution in [0.2, 0.25) is 0 Å². The first-order chi connectivity index (χ1) is 7.67. The number of aryl methyl sites for hydroxylation is 1. The van der Waals surface area contributed by atoms with Crippen molar-refractivity contribution in [3.63, 3.8) is 0 Å². The zero-order chi connectivity index (χ0) is 12.0. The van der Waals surface area contributed by atoms with Gasteiger partial charge in [0, 0.05) is 16.2 Å². The molecule has 0 aromatic heterocycles. The van der Waals surface area contributed by atoms with Crippen molar-refractivity contribution in [2.24, 2.45) is 0 Å². The molecule has 0 N–H and O–H groups in total. The van der Waals surface area contributed by atoms with E-state index >= 15 is 0 Å². The maximum atomic E-state index is 11.2. The van der Waals surface area contributed by atoms with E-state index in [1.165, 1.54) is 5.56 Å². The molecule has 0 amide bonds. The van der Waals surface area contributed by atoms with Crippen molar-refractivity contribution in [2.75, 3.05) is 6.61 Å². The summed E-state index contributed by atoms with van der Waals surface area (Å²) < 4.78 is 5.94. The maximum Gasteiger partial charge on any atom is 0.306 e.